The highest BCUT2D eigenvalue weighted by molar-refractivity contribution is 7.90. The van der Waals surface area contributed by atoms with Gasteiger partial charge in [-0.25, -0.2) is 13.4 Å². The Morgan fingerprint density at radius 3 is 2.45 bits per heavy atom. The summed E-state index contributed by atoms with van der Waals surface area (Å²) in [5.74, 6) is 1.93. The van der Waals surface area contributed by atoms with Gasteiger partial charge in [-0.15, -0.1) is 0 Å². The topological polar surface area (TPSA) is 81.1 Å². The number of aryl methyl sites for hydroxylation is 1. The summed E-state index contributed by atoms with van der Waals surface area (Å²) in [4.78, 5) is 17.7. The molecule has 3 unspecified atom stereocenters. The van der Waals surface area contributed by atoms with E-state index >= 15 is 0 Å². The Bertz CT molecular complexity index is 1440. The van der Waals surface area contributed by atoms with Crippen LogP contribution in [0, 0.1) is 35.5 Å². The van der Waals surface area contributed by atoms with Crippen LogP contribution in [0.15, 0.2) is 59.4 Å². The molecule has 2 aromatic rings. The number of nitrogens with zero attached hydrogens (tertiary/aromatic N) is 2. The second kappa shape index (κ2) is 8.94. The fraction of sp³-hybridized carbons (Fsp3) is 0.548. The molecule has 4 aliphatic rings. The van der Waals surface area contributed by atoms with Crippen molar-refractivity contribution in [3.05, 3.63) is 65.8 Å². The highest BCUT2D eigenvalue weighted by atomic mass is 32.2. The van der Waals surface area contributed by atoms with E-state index in [1.807, 2.05) is 6.33 Å². The quantitative estimate of drug-likeness (QED) is 0.503. The highest BCUT2D eigenvalue weighted by Crippen LogP contribution is 2.65. The summed E-state index contributed by atoms with van der Waals surface area (Å²) >= 11 is 0. The molecule has 2 fully saturated rings. The number of nitrogens with one attached hydrogen (secondary N) is 1. The lowest BCUT2D eigenvalue weighted by Crippen LogP contribution is -2.51. The number of amides is 1. The monoisotopic (exact) mass is 533 g/mol. The number of aromatic nitrogens is 2. The van der Waals surface area contributed by atoms with Gasteiger partial charge in [-0.3, -0.25) is 4.79 Å². The van der Waals surface area contributed by atoms with Crippen LogP contribution < -0.4 is 5.32 Å². The zero-order valence-corrected chi connectivity index (χ0v) is 23.7. The number of benzene rings is 1. The lowest BCUT2D eigenvalue weighted by Gasteiger charge is -2.58. The summed E-state index contributed by atoms with van der Waals surface area (Å²) in [6, 6.07) is 6.36. The largest absolute Gasteiger partial charge is 0.349 e. The predicted octanol–water partition coefficient (Wildman–Crippen LogP) is 5.81. The molecule has 1 heterocycles. The molecule has 38 heavy (non-hydrogen) atoms. The van der Waals surface area contributed by atoms with Crippen LogP contribution in [0.5, 0.6) is 0 Å². The van der Waals surface area contributed by atoms with Crippen LogP contribution in [-0.2, 0) is 9.84 Å². The van der Waals surface area contributed by atoms with Crippen molar-refractivity contribution >= 4 is 21.4 Å². The van der Waals surface area contributed by atoms with Gasteiger partial charge in [-0.1, -0.05) is 31.6 Å². The Kier molecular flexibility index (Phi) is 6.02. The molecule has 6 nitrogen and oxygen atoms in total. The van der Waals surface area contributed by atoms with Crippen molar-refractivity contribution in [3.8, 4) is 0 Å². The van der Waals surface area contributed by atoms with Gasteiger partial charge in [0.15, 0.2) is 9.84 Å². The van der Waals surface area contributed by atoms with Crippen LogP contribution in [0.3, 0.4) is 0 Å². The SMILES string of the molecule is Cc1cn(C2=CCC3C4CC=C5C[C@@H](NC(=O)c6ccc(S(C)(=O)=O)cc6)CC[C@]5(C)C4CC[C@]23C)cn1. The summed E-state index contributed by atoms with van der Waals surface area (Å²) in [6.45, 7) is 7.03. The smallest absolute Gasteiger partial charge is 0.251 e. The number of hydrogen-bond donors (Lipinski definition) is 1. The average Bonchev–Trinajstić information content (AvgIpc) is 3.46. The van der Waals surface area contributed by atoms with Crippen molar-refractivity contribution in [3.63, 3.8) is 0 Å². The zero-order valence-electron chi connectivity index (χ0n) is 22.9. The Hall–Kier alpha value is -2.67. The summed E-state index contributed by atoms with van der Waals surface area (Å²) < 4.78 is 25.8. The number of allylic oxidation sites excluding steroid dienone is 3. The van der Waals surface area contributed by atoms with Crippen LogP contribution >= 0.6 is 0 Å². The average molecular weight is 534 g/mol. The Morgan fingerprint density at radius 1 is 1.03 bits per heavy atom. The van der Waals surface area contributed by atoms with Crippen molar-refractivity contribution in [2.75, 3.05) is 6.26 Å². The molecule has 2 saturated carbocycles. The van der Waals surface area contributed by atoms with Crippen molar-refractivity contribution in [2.24, 2.45) is 28.6 Å². The minimum atomic E-state index is -3.27. The fourth-order valence-electron chi connectivity index (χ4n) is 8.40. The molecular formula is C31H39N3O3S. The van der Waals surface area contributed by atoms with E-state index in [1.165, 1.54) is 42.5 Å². The van der Waals surface area contributed by atoms with Gasteiger partial charge in [-0.2, -0.15) is 0 Å². The molecule has 4 aliphatic carbocycles. The molecule has 1 N–H and O–H groups in total. The van der Waals surface area contributed by atoms with Gasteiger partial charge in [0.2, 0.25) is 0 Å². The first kappa shape index (κ1) is 25.6. The first-order valence-corrected chi connectivity index (χ1v) is 15.9. The lowest BCUT2D eigenvalue weighted by molar-refractivity contribution is -0.0137. The van der Waals surface area contributed by atoms with Crippen LogP contribution in [-0.4, -0.2) is 36.2 Å². The predicted molar refractivity (Wildman–Crippen MR) is 149 cm³/mol. The van der Waals surface area contributed by atoms with E-state index in [-0.39, 0.29) is 27.7 Å². The van der Waals surface area contributed by atoms with Crippen molar-refractivity contribution < 1.29 is 13.2 Å². The maximum absolute atomic E-state index is 13.0. The molecule has 0 radical (unpaired) electrons. The third kappa shape index (κ3) is 4.09. The van der Waals surface area contributed by atoms with Gasteiger partial charge in [0, 0.05) is 35.2 Å². The number of sulfone groups is 1. The Balaban J connectivity index is 1.16. The first-order valence-electron chi connectivity index (χ1n) is 14.0. The van der Waals surface area contributed by atoms with E-state index < -0.39 is 9.84 Å². The minimum absolute atomic E-state index is 0.117. The maximum atomic E-state index is 13.0. The second-order valence-corrected chi connectivity index (χ2v) is 14.7. The van der Waals surface area contributed by atoms with Gasteiger partial charge in [-0.05, 0) is 99.3 Å². The standard InChI is InChI=1S/C31H39N3O3S/c1-20-18-34(19-32-20)28-12-11-26-25-10-7-22-17-23(13-15-30(22,2)27(25)14-16-31(26,28)3)33-29(35)21-5-8-24(9-6-21)38(4,36)37/h5-9,12,18-19,23,25-27H,10-11,13-17H2,1-4H3,(H,33,35)/t23-,25?,26?,27?,30-,31-/m0/s1. The zero-order chi connectivity index (χ0) is 26.9. The van der Waals surface area contributed by atoms with Crippen LogP contribution in [0.1, 0.15) is 74.8 Å². The Labute approximate surface area is 226 Å². The van der Waals surface area contributed by atoms with Gasteiger partial charge in [0.25, 0.3) is 5.91 Å². The minimum Gasteiger partial charge on any atom is -0.349 e. The third-order valence-electron chi connectivity index (χ3n) is 10.5. The number of hydrogen-bond acceptors (Lipinski definition) is 4. The molecule has 0 aliphatic heterocycles. The normalized spacial score (nSPS) is 34.4. The maximum Gasteiger partial charge on any atom is 0.251 e. The summed E-state index contributed by atoms with van der Waals surface area (Å²) in [5, 5.41) is 3.24. The van der Waals surface area contributed by atoms with Gasteiger partial charge in [0.1, 0.15) is 0 Å². The van der Waals surface area contributed by atoms with Gasteiger partial charge < -0.3 is 9.88 Å². The summed E-state index contributed by atoms with van der Waals surface area (Å²) in [6.07, 6.45) is 18.1. The van der Waals surface area contributed by atoms with Crippen molar-refractivity contribution in [1.82, 2.24) is 14.9 Å². The molecule has 0 spiro atoms. The second-order valence-electron chi connectivity index (χ2n) is 12.7. The molecule has 202 valence electrons. The molecule has 7 heteroatoms. The van der Waals surface area contributed by atoms with E-state index in [4.69, 9.17) is 0 Å². The van der Waals surface area contributed by atoms with E-state index in [1.54, 1.807) is 12.1 Å². The number of fused-ring (bicyclic) bond motifs is 5. The molecular weight excluding hydrogens is 494 g/mol. The number of imidazole rings is 1. The van der Waals surface area contributed by atoms with E-state index in [0.717, 1.165) is 37.8 Å². The number of rotatable bonds is 4. The molecule has 6 atom stereocenters. The lowest BCUT2D eigenvalue weighted by atomic mass is 9.47. The molecule has 1 amide bonds. The first-order chi connectivity index (χ1) is 18.0. The van der Waals surface area contributed by atoms with Crippen molar-refractivity contribution in [1.29, 1.82) is 0 Å². The fourth-order valence-corrected chi connectivity index (χ4v) is 9.03. The van der Waals surface area contributed by atoms with Crippen LogP contribution in [0.25, 0.3) is 5.70 Å². The van der Waals surface area contributed by atoms with Crippen LogP contribution in [0.2, 0.25) is 0 Å². The highest BCUT2D eigenvalue weighted by Gasteiger charge is 2.57. The van der Waals surface area contributed by atoms with E-state index in [0.29, 0.717) is 23.3 Å². The third-order valence-corrected chi connectivity index (χ3v) is 11.6. The van der Waals surface area contributed by atoms with Crippen molar-refractivity contribution in [2.45, 2.75) is 76.7 Å². The molecule has 6 rings (SSSR count). The van der Waals surface area contributed by atoms with Gasteiger partial charge in [0.05, 0.1) is 16.9 Å². The molecule has 1 aromatic carbocycles. The van der Waals surface area contributed by atoms with E-state index in [2.05, 4.69) is 54.0 Å². The molecule has 1 aromatic heterocycles. The molecule has 0 bridgehead atoms. The molecule has 0 saturated heterocycles. The number of carbonyl (C=O) groups is 1. The summed E-state index contributed by atoms with van der Waals surface area (Å²) in [5.41, 5.74) is 4.96. The van der Waals surface area contributed by atoms with Crippen LogP contribution in [0.4, 0.5) is 0 Å². The Morgan fingerprint density at radius 2 is 1.76 bits per heavy atom. The van der Waals surface area contributed by atoms with Gasteiger partial charge >= 0.3 is 0 Å². The van der Waals surface area contributed by atoms with E-state index in [9.17, 15) is 13.2 Å². The number of carbonyl (C=O) groups excluding carboxylic acids is 1. The summed E-state index contributed by atoms with van der Waals surface area (Å²) in [7, 11) is -3.27.